The Balaban J connectivity index is 2.45. The van der Waals surface area contributed by atoms with Gasteiger partial charge in [0.2, 0.25) is 0 Å². The lowest BCUT2D eigenvalue weighted by Gasteiger charge is -2.02. The number of fused-ring (bicyclic) bond motifs is 1. The van der Waals surface area contributed by atoms with E-state index in [1.54, 1.807) is 0 Å². The zero-order valence-corrected chi connectivity index (χ0v) is 10.5. The van der Waals surface area contributed by atoms with E-state index < -0.39 is 0 Å². The van der Waals surface area contributed by atoms with E-state index in [-0.39, 0.29) is 0 Å². The quantitative estimate of drug-likeness (QED) is 0.897. The van der Waals surface area contributed by atoms with Gasteiger partial charge >= 0.3 is 0 Å². The number of likely N-dealkylation sites (N-methyl/N-ethyl adjacent to an activating group) is 1. The fourth-order valence-corrected chi connectivity index (χ4v) is 2.26. The normalized spacial score (nSPS) is 11.1. The molecule has 1 aromatic carbocycles. The smallest absolute Gasteiger partial charge is 0.107 e. The number of aryl methyl sites for hydroxylation is 1. The Morgan fingerprint density at radius 2 is 2.27 bits per heavy atom. The largest absolute Gasteiger partial charge is 0.319 e. The molecule has 0 saturated heterocycles. The van der Waals surface area contributed by atoms with Gasteiger partial charge in [-0.3, -0.25) is 5.10 Å². The molecule has 4 heteroatoms. The summed E-state index contributed by atoms with van der Waals surface area (Å²) in [6, 6.07) is 4.34. The summed E-state index contributed by atoms with van der Waals surface area (Å²) in [6.07, 6.45) is 1.04. The van der Waals surface area contributed by atoms with Crippen molar-refractivity contribution in [3.8, 4) is 0 Å². The minimum Gasteiger partial charge on any atom is -0.319 e. The topological polar surface area (TPSA) is 40.7 Å². The van der Waals surface area contributed by atoms with Crippen LogP contribution in [-0.4, -0.2) is 23.8 Å². The molecule has 0 saturated carbocycles. The summed E-state index contributed by atoms with van der Waals surface area (Å²) in [5, 5.41) is 11.6. The Labute approximate surface area is 97.4 Å². The van der Waals surface area contributed by atoms with Crippen molar-refractivity contribution in [2.75, 3.05) is 13.6 Å². The molecule has 0 aliphatic heterocycles. The zero-order valence-electron chi connectivity index (χ0n) is 8.89. The molecular weight excluding hydrogens is 254 g/mol. The second-order valence-electron chi connectivity index (χ2n) is 3.68. The molecule has 2 aromatic rings. The van der Waals surface area contributed by atoms with Gasteiger partial charge in [0, 0.05) is 15.6 Å². The van der Waals surface area contributed by atoms with E-state index in [1.165, 1.54) is 10.9 Å². The maximum Gasteiger partial charge on any atom is 0.107 e. The van der Waals surface area contributed by atoms with Crippen molar-refractivity contribution in [1.29, 1.82) is 0 Å². The standard InChI is InChI=1S/C11H14BrN3/c1-7-9-5-8(3-4-13-2)6-10(12)11(9)15-14-7/h5-6,13H,3-4H2,1-2H3,(H,14,15). The molecule has 0 fully saturated rings. The van der Waals surface area contributed by atoms with Crippen LogP contribution in [-0.2, 0) is 6.42 Å². The van der Waals surface area contributed by atoms with E-state index in [0.29, 0.717) is 0 Å². The van der Waals surface area contributed by atoms with Gasteiger partial charge in [-0.15, -0.1) is 0 Å². The molecule has 0 atom stereocenters. The SMILES string of the molecule is CNCCc1cc(Br)c2n[nH]c(C)c2c1. The van der Waals surface area contributed by atoms with Crippen molar-refractivity contribution in [2.45, 2.75) is 13.3 Å². The van der Waals surface area contributed by atoms with Crippen LogP contribution in [0.1, 0.15) is 11.3 Å². The highest BCUT2D eigenvalue weighted by Crippen LogP contribution is 2.26. The summed E-state index contributed by atoms with van der Waals surface area (Å²) in [7, 11) is 1.97. The molecule has 0 aliphatic rings. The lowest BCUT2D eigenvalue weighted by Crippen LogP contribution is -2.10. The van der Waals surface area contributed by atoms with Gasteiger partial charge in [-0.1, -0.05) is 0 Å². The first kappa shape index (κ1) is 10.6. The van der Waals surface area contributed by atoms with Crippen molar-refractivity contribution >= 4 is 26.8 Å². The second-order valence-corrected chi connectivity index (χ2v) is 4.53. The fourth-order valence-electron chi connectivity index (χ4n) is 1.67. The second kappa shape index (κ2) is 4.33. The van der Waals surface area contributed by atoms with Gasteiger partial charge in [0.1, 0.15) is 5.52 Å². The molecule has 0 aliphatic carbocycles. The van der Waals surface area contributed by atoms with Crippen molar-refractivity contribution in [2.24, 2.45) is 0 Å². The van der Waals surface area contributed by atoms with E-state index in [9.17, 15) is 0 Å². The minimum absolute atomic E-state index is 0.995. The van der Waals surface area contributed by atoms with Crippen LogP contribution in [0.2, 0.25) is 0 Å². The Kier molecular flexibility index (Phi) is 3.07. The summed E-state index contributed by atoms with van der Waals surface area (Å²) in [4.78, 5) is 0. The number of nitrogens with zero attached hydrogens (tertiary/aromatic N) is 1. The van der Waals surface area contributed by atoms with Crippen LogP contribution in [0.25, 0.3) is 10.9 Å². The van der Waals surface area contributed by atoms with Gasteiger partial charge in [0.05, 0.1) is 0 Å². The molecule has 1 aromatic heterocycles. The average Bonchev–Trinajstić information content (AvgIpc) is 2.58. The van der Waals surface area contributed by atoms with E-state index in [2.05, 4.69) is 43.6 Å². The summed E-state index contributed by atoms with van der Waals surface area (Å²) >= 11 is 3.55. The van der Waals surface area contributed by atoms with Crippen LogP contribution in [0, 0.1) is 6.92 Å². The number of halogens is 1. The predicted octanol–water partition coefficient (Wildman–Crippen LogP) is 2.40. The molecule has 3 nitrogen and oxygen atoms in total. The molecule has 1 heterocycles. The average molecular weight is 268 g/mol. The molecule has 80 valence electrons. The van der Waals surface area contributed by atoms with Crippen molar-refractivity contribution in [3.63, 3.8) is 0 Å². The highest BCUT2D eigenvalue weighted by molar-refractivity contribution is 9.10. The third-order valence-corrected chi connectivity index (χ3v) is 3.13. The summed E-state index contributed by atoms with van der Waals surface area (Å²) < 4.78 is 1.07. The summed E-state index contributed by atoms with van der Waals surface area (Å²) in [5.74, 6) is 0. The van der Waals surface area contributed by atoms with Gasteiger partial charge in [-0.25, -0.2) is 0 Å². The maximum atomic E-state index is 4.25. The van der Waals surface area contributed by atoms with E-state index in [4.69, 9.17) is 0 Å². The molecule has 15 heavy (non-hydrogen) atoms. The molecule has 0 amide bonds. The monoisotopic (exact) mass is 267 g/mol. The molecule has 0 bridgehead atoms. The van der Waals surface area contributed by atoms with Crippen molar-refractivity contribution in [3.05, 3.63) is 27.9 Å². The number of aromatic amines is 1. The number of hydrogen-bond donors (Lipinski definition) is 2. The van der Waals surface area contributed by atoms with Crippen LogP contribution in [0.4, 0.5) is 0 Å². The molecule has 2 N–H and O–H groups in total. The molecule has 0 spiro atoms. The van der Waals surface area contributed by atoms with E-state index >= 15 is 0 Å². The Morgan fingerprint density at radius 3 is 3.00 bits per heavy atom. The van der Waals surface area contributed by atoms with Gasteiger partial charge in [0.25, 0.3) is 0 Å². The highest BCUT2D eigenvalue weighted by atomic mass is 79.9. The number of aromatic nitrogens is 2. The lowest BCUT2D eigenvalue weighted by atomic mass is 10.1. The van der Waals surface area contributed by atoms with Crippen LogP contribution in [0.15, 0.2) is 16.6 Å². The van der Waals surface area contributed by atoms with Crippen LogP contribution in [0.3, 0.4) is 0 Å². The summed E-state index contributed by atoms with van der Waals surface area (Å²) in [6.45, 7) is 3.04. The van der Waals surface area contributed by atoms with Crippen LogP contribution in [0.5, 0.6) is 0 Å². The Morgan fingerprint density at radius 1 is 1.47 bits per heavy atom. The molecular formula is C11H14BrN3. The third kappa shape index (κ3) is 2.06. The zero-order chi connectivity index (χ0) is 10.8. The Hall–Kier alpha value is -0.870. The Bertz CT molecular complexity index is 476. The molecule has 0 unspecified atom stereocenters. The lowest BCUT2D eigenvalue weighted by molar-refractivity contribution is 0.792. The number of rotatable bonds is 3. The number of nitrogens with one attached hydrogen (secondary N) is 2. The van der Waals surface area contributed by atoms with Gasteiger partial charge in [-0.05, 0) is 60.6 Å². The van der Waals surface area contributed by atoms with E-state index in [1.807, 2.05) is 14.0 Å². The van der Waals surface area contributed by atoms with Gasteiger partial charge in [-0.2, -0.15) is 5.10 Å². The van der Waals surface area contributed by atoms with Crippen LogP contribution < -0.4 is 5.32 Å². The van der Waals surface area contributed by atoms with Gasteiger partial charge < -0.3 is 5.32 Å². The number of benzene rings is 1. The number of H-pyrrole nitrogens is 1. The summed E-state index contributed by atoms with van der Waals surface area (Å²) in [5.41, 5.74) is 3.46. The van der Waals surface area contributed by atoms with Gasteiger partial charge in [0.15, 0.2) is 0 Å². The number of hydrogen-bond acceptors (Lipinski definition) is 2. The van der Waals surface area contributed by atoms with Crippen molar-refractivity contribution < 1.29 is 0 Å². The maximum absolute atomic E-state index is 4.25. The van der Waals surface area contributed by atoms with Crippen LogP contribution >= 0.6 is 15.9 Å². The highest BCUT2D eigenvalue weighted by Gasteiger charge is 2.06. The first-order valence-electron chi connectivity index (χ1n) is 5.00. The predicted molar refractivity (Wildman–Crippen MR) is 66.2 cm³/mol. The van der Waals surface area contributed by atoms with Crippen molar-refractivity contribution in [1.82, 2.24) is 15.5 Å². The fraction of sp³-hybridized carbons (Fsp3) is 0.364. The van der Waals surface area contributed by atoms with E-state index in [0.717, 1.165) is 28.6 Å². The minimum atomic E-state index is 0.995. The first-order chi connectivity index (χ1) is 7.22. The third-order valence-electron chi connectivity index (χ3n) is 2.53. The molecule has 0 radical (unpaired) electrons. The first-order valence-corrected chi connectivity index (χ1v) is 5.79. The molecule has 2 rings (SSSR count).